The monoisotopic (exact) mass is 342 g/mol. The number of rotatable bonds is 4. The number of nitrogens with zero attached hydrogens (tertiary/aromatic N) is 3. The van der Waals surface area contributed by atoms with E-state index >= 15 is 0 Å². The largest absolute Gasteiger partial charge is 0.383 e. The van der Waals surface area contributed by atoms with E-state index in [4.69, 9.17) is 5.73 Å². The van der Waals surface area contributed by atoms with Gasteiger partial charge in [-0.2, -0.15) is 0 Å². The zero-order chi connectivity index (χ0) is 13.8. The number of H-pyrrole nitrogens is 1. The van der Waals surface area contributed by atoms with Crippen LogP contribution in [0.5, 0.6) is 0 Å². The van der Waals surface area contributed by atoms with Gasteiger partial charge in [-0.1, -0.05) is 0 Å². The van der Waals surface area contributed by atoms with E-state index in [1.807, 2.05) is 6.92 Å². The van der Waals surface area contributed by atoms with E-state index in [0.717, 1.165) is 6.54 Å². The Labute approximate surface area is 121 Å². The van der Waals surface area contributed by atoms with Crippen molar-refractivity contribution in [3.63, 3.8) is 0 Å². The summed E-state index contributed by atoms with van der Waals surface area (Å²) in [6.45, 7) is 2.67. The Bertz CT molecular complexity index is 646. The Kier molecular flexibility index (Phi) is 4.38. The Morgan fingerprint density at radius 2 is 2.32 bits per heavy atom. The molecule has 0 spiro atoms. The third-order valence-electron chi connectivity index (χ3n) is 1.98. The number of hydrogen-bond acceptors (Lipinski definition) is 7. The van der Waals surface area contributed by atoms with E-state index in [1.165, 1.54) is 17.8 Å². The van der Waals surface area contributed by atoms with E-state index in [1.54, 1.807) is 6.20 Å². The van der Waals surface area contributed by atoms with Crippen molar-refractivity contribution in [1.82, 2.24) is 19.9 Å². The topological polar surface area (TPSA) is 110 Å². The minimum absolute atomic E-state index is 0.170. The Morgan fingerprint density at radius 3 is 3.00 bits per heavy atom. The van der Waals surface area contributed by atoms with Crippen LogP contribution in [0.15, 0.2) is 31.7 Å². The molecule has 0 fully saturated rings. The lowest BCUT2D eigenvalue weighted by Crippen LogP contribution is -2.09. The third kappa shape index (κ3) is 3.67. The lowest BCUT2D eigenvalue weighted by molar-refractivity contribution is 0.932. The highest BCUT2D eigenvalue weighted by Gasteiger charge is 2.09. The molecule has 0 radical (unpaired) electrons. The Morgan fingerprint density at radius 1 is 1.53 bits per heavy atom. The summed E-state index contributed by atoms with van der Waals surface area (Å²) in [7, 11) is 0. The highest BCUT2D eigenvalue weighted by Crippen LogP contribution is 2.29. The van der Waals surface area contributed by atoms with Gasteiger partial charge in [-0.3, -0.25) is 4.79 Å². The van der Waals surface area contributed by atoms with Gasteiger partial charge in [0.25, 0.3) is 5.56 Å². The van der Waals surface area contributed by atoms with Gasteiger partial charge in [-0.25, -0.2) is 15.0 Å². The summed E-state index contributed by atoms with van der Waals surface area (Å²) in [5, 5.41) is 4.03. The lowest BCUT2D eigenvalue weighted by Gasteiger charge is -2.06. The molecule has 100 valence electrons. The maximum Gasteiger partial charge on any atom is 0.253 e. The van der Waals surface area contributed by atoms with Gasteiger partial charge >= 0.3 is 0 Å². The molecule has 19 heavy (non-hydrogen) atoms. The molecule has 4 N–H and O–H groups in total. The van der Waals surface area contributed by atoms with Crippen LogP contribution >= 0.6 is 27.7 Å². The first-order valence-corrected chi connectivity index (χ1v) is 7.00. The molecule has 0 aromatic carbocycles. The van der Waals surface area contributed by atoms with Gasteiger partial charge in [-0.05, 0) is 34.6 Å². The first kappa shape index (κ1) is 13.8. The number of anilines is 2. The predicted octanol–water partition coefficient (Wildman–Crippen LogP) is 1.49. The van der Waals surface area contributed by atoms with Crippen LogP contribution in [0.1, 0.15) is 6.92 Å². The summed E-state index contributed by atoms with van der Waals surface area (Å²) < 4.78 is 0.712. The summed E-state index contributed by atoms with van der Waals surface area (Å²) >= 11 is 4.55. The maximum atomic E-state index is 11.3. The molecule has 2 aromatic heterocycles. The van der Waals surface area contributed by atoms with E-state index in [9.17, 15) is 4.79 Å². The molecule has 0 saturated carbocycles. The summed E-state index contributed by atoms with van der Waals surface area (Å²) in [5.74, 6) is 0.683. The molecule has 2 rings (SSSR count). The van der Waals surface area contributed by atoms with Gasteiger partial charge in [0.05, 0.1) is 4.47 Å². The van der Waals surface area contributed by atoms with Crippen LogP contribution in [0, 0.1) is 0 Å². The normalized spacial score (nSPS) is 10.4. The molecule has 0 saturated heterocycles. The molecular weight excluding hydrogens is 332 g/mol. The summed E-state index contributed by atoms with van der Waals surface area (Å²) in [5.41, 5.74) is 5.23. The molecule has 0 aliphatic rings. The number of nitrogens with two attached hydrogens (primary N) is 1. The average molecular weight is 343 g/mol. The smallest absolute Gasteiger partial charge is 0.253 e. The summed E-state index contributed by atoms with van der Waals surface area (Å²) in [6.07, 6.45) is 1.64. The molecular formula is C10H11BrN6OS. The van der Waals surface area contributed by atoms with Crippen molar-refractivity contribution in [2.75, 3.05) is 17.6 Å². The van der Waals surface area contributed by atoms with Crippen molar-refractivity contribution in [1.29, 1.82) is 0 Å². The second-order valence-electron chi connectivity index (χ2n) is 3.45. The van der Waals surface area contributed by atoms with Crippen molar-refractivity contribution >= 4 is 39.5 Å². The second kappa shape index (κ2) is 6.02. The van der Waals surface area contributed by atoms with Crippen LogP contribution in [0.4, 0.5) is 11.8 Å². The molecule has 2 aromatic rings. The summed E-state index contributed by atoms with van der Waals surface area (Å²) in [4.78, 5) is 26.3. The van der Waals surface area contributed by atoms with Crippen LogP contribution in [0.3, 0.4) is 0 Å². The minimum Gasteiger partial charge on any atom is -0.383 e. The molecule has 0 bridgehead atoms. The van der Waals surface area contributed by atoms with Crippen molar-refractivity contribution in [2.24, 2.45) is 0 Å². The molecule has 0 atom stereocenters. The van der Waals surface area contributed by atoms with Crippen molar-refractivity contribution in [3.05, 3.63) is 27.1 Å². The van der Waals surface area contributed by atoms with Crippen LogP contribution < -0.4 is 16.6 Å². The van der Waals surface area contributed by atoms with Gasteiger partial charge in [-0.15, -0.1) is 0 Å². The number of aromatic amines is 1. The summed E-state index contributed by atoms with van der Waals surface area (Å²) in [6, 6.07) is 1.23. The van der Waals surface area contributed by atoms with Crippen LogP contribution in [0.25, 0.3) is 0 Å². The predicted molar refractivity (Wildman–Crippen MR) is 77.3 cm³/mol. The number of nitrogens with one attached hydrogen (secondary N) is 2. The lowest BCUT2D eigenvalue weighted by atomic mass is 10.6. The van der Waals surface area contributed by atoms with E-state index in [-0.39, 0.29) is 11.4 Å². The highest BCUT2D eigenvalue weighted by atomic mass is 79.9. The second-order valence-corrected chi connectivity index (χ2v) is 5.29. The van der Waals surface area contributed by atoms with Gasteiger partial charge in [0, 0.05) is 18.8 Å². The van der Waals surface area contributed by atoms with Crippen LogP contribution in [-0.4, -0.2) is 26.5 Å². The van der Waals surface area contributed by atoms with E-state index < -0.39 is 0 Å². The first-order chi connectivity index (χ1) is 9.08. The fourth-order valence-corrected chi connectivity index (χ4v) is 2.46. The van der Waals surface area contributed by atoms with E-state index in [2.05, 4.69) is 41.2 Å². The van der Waals surface area contributed by atoms with Crippen molar-refractivity contribution in [3.8, 4) is 0 Å². The zero-order valence-electron chi connectivity index (χ0n) is 9.98. The molecule has 0 amide bonds. The quantitative estimate of drug-likeness (QED) is 0.570. The number of aromatic nitrogens is 4. The maximum absolute atomic E-state index is 11.3. The molecule has 2 heterocycles. The number of nitrogen functional groups attached to an aromatic ring is 1. The fourth-order valence-electron chi connectivity index (χ4n) is 1.26. The first-order valence-electron chi connectivity index (χ1n) is 5.39. The fraction of sp³-hybridized carbons (Fsp3) is 0.200. The van der Waals surface area contributed by atoms with Gasteiger partial charge in [0.2, 0.25) is 5.95 Å². The van der Waals surface area contributed by atoms with Gasteiger partial charge in [0.1, 0.15) is 10.8 Å². The van der Waals surface area contributed by atoms with Crippen molar-refractivity contribution in [2.45, 2.75) is 17.1 Å². The van der Waals surface area contributed by atoms with Gasteiger partial charge < -0.3 is 16.0 Å². The average Bonchev–Trinajstić information content (AvgIpc) is 2.32. The standard InChI is InChI=1S/C10H11BrN6OS/c1-2-13-9-14-4-5(11)8(17-9)19-10-15-6(12)3-7(18)16-10/h3-4H,2H2,1H3,(H,13,14,17)(H3,12,15,16,18). The Balaban J connectivity index is 2.31. The van der Waals surface area contributed by atoms with Gasteiger partial charge in [0.15, 0.2) is 5.16 Å². The van der Waals surface area contributed by atoms with E-state index in [0.29, 0.717) is 20.6 Å². The molecule has 0 aliphatic heterocycles. The number of halogens is 1. The molecule has 0 unspecified atom stereocenters. The Hall–Kier alpha value is -1.61. The zero-order valence-corrected chi connectivity index (χ0v) is 12.4. The third-order valence-corrected chi connectivity index (χ3v) is 3.71. The van der Waals surface area contributed by atoms with Crippen LogP contribution in [-0.2, 0) is 0 Å². The molecule has 0 aliphatic carbocycles. The molecule has 9 heteroatoms. The molecule has 7 nitrogen and oxygen atoms in total. The van der Waals surface area contributed by atoms with Crippen LogP contribution in [0.2, 0.25) is 0 Å². The van der Waals surface area contributed by atoms with Crippen molar-refractivity contribution < 1.29 is 0 Å². The highest BCUT2D eigenvalue weighted by molar-refractivity contribution is 9.10. The number of hydrogen-bond donors (Lipinski definition) is 3. The SMILES string of the molecule is CCNc1ncc(Br)c(Sc2nc(N)cc(=O)[nH]2)n1. The minimum atomic E-state index is -0.299.